The van der Waals surface area contributed by atoms with E-state index in [-0.39, 0.29) is 35.5 Å². The Bertz CT molecular complexity index is 593. The van der Waals surface area contributed by atoms with E-state index in [1.165, 1.54) is 0 Å². The van der Waals surface area contributed by atoms with E-state index in [1.54, 1.807) is 14.2 Å². The second-order valence-corrected chi connectivity index (χ2v) is 8.15. The van der Waals surface area contributed by atoms with E-state index in [9.17, 15) is 0 Å². The van der Waals surface area contributed by atoms with Crippen molar-refractivity contribution >= 4 is 29.9 Å². The van der Waals surface area contributed by atoms with Gasteiger partial charge < -0.3 is 15.4 Å². The van der Waals surface area contributed by atoms with Crippen LogP contribution in [-0.4, -0.2) is 53.6 Å². The van der Waals surface area contributed by atoms with Crippen molar-refractivity contribution in [3.63, 3.8) is 0 Å². The number of halogens is 1. The number of rotatable bonds is 5. The molecule has 2 atom stereocenters. The summed E-state index contributed by atoms with van der Waals surface area (Å²) in [4.78, 5) is 9.00. The average molecular weight is 478 g/mol. The molecule has 8 heteroatoms. The molecule has 0 saturated heterocycles. The number of aromatic nitrogens is 3. The van der Waals surface area contributed by atoms with Crippen LogP contribution in [0.25, 0.3) is 0 Å². The van der Waals surface area contributed by atoms with Crippen molar-refractivity contribution in [3.05, 3.63) is 11.6 Å². The number of fused-ring (bicyclic) bond motifs is 1. The summed E-state index contributed by atoms with van der Waals surface area (Å²) in [5, 5.41) is 11.5. The van der Waals surface area contributed by atoms with Gasteiger partial charge in [-0.25, -0.2) is 9.67 Å². The molecule has 7 nitrogen and oxygen atoms in total. The molecular weight excluding hydrogens is 443 g/mol. The Labute approximate surface area is 174 Å². The third kappa shape index (κ3) is 6.07. The lowest BCUT2D eigenvalue weighted by molar-refractivity contribution is 0.0205. The fourth-order valence-corrected chi connectivity index (χ4v) is 3.01. The number of nitrogens with zero attached hydrogens (tertiary/aromatic N) is 4. The van der Waals surface area contributed by atoms with Gasteiger partial charge in [0.15, 0.2) is 11.8 Å². The van der Waals surface area contributed by atoms with Crippen molar-refractivity contribution in [2.45, 2.75) is 72.1 Å². The fraction of sp³-hybridized carbons (Fsp3) is 0.833. The van der Waals surface area contributed by atoms with Gasteiger partial charge >= 0.3 is 0 Å². The molecule has 1 aliphatic rings. The molecule has 0 bridgehead atoms. The van der Waals surface area contributed by atoms with Gasteiger partial charge in [0.05, 0.1) is 12.6 Å². The molecular formula is C18H35IN6O. The van der Waals surface area contributed by atoms with Crippen LogP contribution in [0.15, 0.2) is 4.99 Å². The van der Waals surface area contributed by atoms with E-state index >= 15 is 0 Å². The first-order chi connectivity index (χ1) is 11.7. The van der Waals surface area contributed by atoms with Crippen LogP contribution in [0.4, 0.5) is 0 Å². The summed E-state index contributed by atoms with van der Waals surface area (Å²) in [5.74, 6) is 3.20. The first kappa shape index (κ1) is 23.1. The van der Waals surface area contributed by atoms with Crippen LogP contribution in [0.3, 0.4) is 0 Å². The third-order valence-electron chi connectivity index (χ3n) is 4.66. The Morgan fingerprint density at radius 3 is 2.62 bits per heavy atom. The highest BCUT2D eigenvalue weighted by Crippen LogP contribution is 2.21. The molecule has 1 aliphatic heterocycles. The van der Waals surface area contributed by atoms with Crippen LogP contribution in [0, 0.1) is 5.41 Å². The number of aryl methyl sites for hydroxylation is 1. The van der Waals surface area contributed by atoms with Crippen molar-refractivity contribution in [3.8, 4) is 0 Å². The van der Waals surface area contributed by atoms with Gasteiger partial charge in [0.2, 0.25) is 0 Å². The van der Waals surface area contributed by atoms with Crippen molar-refractivity contribution in [2.24, 2.45) is 10.4 Å². The van der Waals surface area contributed by atoms with Gasteiger partial charge in [-0.3, -0.25) is 4.99 Å². The molecule has 0 spiro atoms. The lowest BCUT2D eigenvalue weighted by atomic mass is 9.89. The number of hydrogen-bond donors (Lipinski definition) is 2. The molecule has 26 heavy (non-hydrogen) atoms. The van der Waals surface area contributed by atoms with E-state index < -0.39 is 0 Å². The monoisotopic (exact) mass is 478 g/mol. The quantitative estimate of drug-likeness (QED) is 0.387. The molecule has 150 valence electrons. The van der Waals surface area contributed by atoms with Gasteiger partial charge in [-0.15, -0.1) is 24.0 Å². The second-order valence-electron chi connectivity index (χ2n) is 8.15. The summed E-state index contributed by atoms with van der Waals surface area (Å²) in [6.07, 6.45) is 2.09. The lowest BCUT2D eigenvalue weighted by Crippen LogP contribution is -2.50. The Morgan fingerprint density at radius 1 is 1.38 bits per heavy atom. The van der Waals surface area contributed by atoms with Gasteiger partial charge in [0.25, 0.3) is 0 Å². The van der Waals surface area contributed by atoms with Gasteiger partial charge in [0.1, 0.15) is 5.82 Å². The van der Waals surface area contributed by atoms with Gasteiger partial charge in [-0.05, 0) is 11.8 Å². The van der Waals surface area contributed by atoms with Crippen LogP contribution in [-0.2, 0) is 17.7 Å². The Hall–Kier alpha value is -0.900. The summed E-state index contributed by atoms with van der Waals surface area (Å²) in [5.41, 5.74) is 0.0777. The number of methoxy groups -OCH3 is 1. The normalized spacial score (nSPS) is 18.9. The standard InChI is InChI=1S/C18H34N6O.HI/c1-12(2)16-22-15-9-8-13(11-24(15)23-16)21-17(19-6)20-10-14(25-7)18(3,4)5;/h12-14H,8-11H2,1-7H3,(H2,19,20,21);1H. The van der Waals surface area contributed by atoms with E-state index in [0.717, 1.165) is 43.5 Å². The molecule has 1 aromatic rings. The number of guanidine groups is 1. The number of nitrogens with one attached hydrogen (secondary N) is 2. The summed E-state index contributed by atoms with van der Waals surface area (Å²) < 4.78 is 7.64. The molecule has 0 saturated carbocycles. The first-order valence-electron chi connectivity index (χ1n) is 9.18. The number of hydrogen-bond acceptors (Lipinski definition) is 4. The van der Waals surface area contributed by atoms with Gasteiger partial charge in [0, 0.05) is 39.1 Å². The molecule has 2 N–H and O–H groups in total. The Morgan fingerprint density at radius 2 is 2.08 bits per heavy atom. The lowest BCUT2D eigenvalue weighted by Gasteiger charge is -2.31. The zero-order valence-corrected chi connectivity index (χ0v) is 19.5. The maximum absolute atomic E-state index is 5.60. The molecule has 0 aliphatic carbocycles. The van der Waals surface area contributed by atoms with Crippen LogP contribution in [0.5, 0.6) is 0 Å². The summed E-state index contributed by atoms with van der Waals surface area (Å²) in [7, 11) is 3.56. The highest BCUT2D eigenvalue weighted by Gasteiger charge is 2.26. The van der Waals surface area contributed by atoms with Gasteiger partial charge in [-0.1, -0.05) is 34.6 Å². The molecule has 2 rings (SSSR count). The minimum atomic E-state index is 0. The second kappa shape index (κ2) is 9.87. The van der Waals surface area contributed by atoms with Crippen molar-refractivity contribution in [1.82, 2.24) is 25.4 Å². The predicted octanol–water partition coefficient (Wildman–Crippen LogP) is 2.56. The Kier molecular flexibility index (Phi) is 8.78. The average Bonchev–Trinajstić information content (AvgIpc) is 2.96. The topological polar surface area (TPSA) is 76.4 Å². The predicted molar refractivity (Wildman–Crippen MR) is 116 cm³/mol. The highest BCUT2D eigenvalue weighted by atomic mass is 127. The smallest absolute Gasteiger partial charge is 0.191 e. The van der Waals surface area contributed by atoms with Crippen LogP contribution in [0.1, 0.15) is 58.6 Å². The number of ether oxygens (including phenoxy) is 1. The zero-order chi connectivity index (χ0) is 18.6. The maximum atomic E-state index is 5.60. The fourth-order valence-electron chi connectivity index (χ4n) is 3.01. The minimum Gasteiger partial charge on any atom is -0.379 e. The summed E-state index contributed by atoms with van der Waals surface area (Å²) in [6, 6.07) is 0.302. The summed E-state index contributed by atoms with van der Waals surface area (Å²) >= 11 is 0. The van der Waals surface area contributed by atoms with Crippen LogP contribution < -0.4 is 10.6 Å². The number of aliphatic imine (C=N–C) groups is 1. The first-order valence-corrected chi connectivity index (χ1v) is 9.18. The largest absolute Gasteiger partial charge is 0.379 e. The minimum absolute atomic E-state index is 0. The molecule has 0 aromatic carbocycles. The van der Waals surface area contributed by atoms with E-state index in [2.05, 4.69) is 60.3 Å². The van der Waals surface area contributed by atoms with E-state index in [1.807, 2.05) is 4.68 Å². The molecule has 1 aromatic heterocycles. The summed E-state index contributed by atoms with van der Waals surface area (Å²) in [6.45, 7) is 12.3. The SMILES string of the molecule is CN=C(NCC(OC)C(C)(C)C)NC1CCc2nc(C(C)C)nn2C1.I. The van der Waals surface area contributed by atoms with E-state index in [0.29, 0.717) is 12.0 Å². The van der Waals surface area contributed by atoms with Crippen molar-refractivity contribution in [2.75, 3.05) is 20.7 Å². The van der Waals surface area contributed by atoms with E-state index in [4.69, 9.17) is 4.74 Å². The van der Waals surface area contributed by atoms with Crippen molar-refractivity contribution in [1.29, 1.82) is 0 Å². The third-order valence-corrected chi connectivity index (χ3v) is 4.66. The van der Waals surface area contributed by atoms with Gasteiger partial charge in [-0.2, -0.15) is 5.10 Å². The molecule has 2 unspecified atom stereocenters. The molecule has 0 radical (unpaired) electrons. The highest BCUT2D eigenvalue weighted by molar-refractivity contribution is 14.0. The van der Waals surface area contributed by atoms with Crippen molar-refractivity contribution < 1.29 is 4.74 Å². The molecule has 0 fully saturated rings. The zero-order valence-electron chi connectivity index (χ0n) is 17.2. The molecule has 2 heterocycles. The molecule has 0 amide bonds. The maximum Gasteiger partial charge on any atom is 0.191 e. The Balaban J connectivity index is 0.00000338. The van der Waals surface area contributed by atoms with Crippen LogP contribution in [0.2, 0.25) is 0 Å². The van der Waals surface area contributed by atoms with Crippen LogP contribution >= 0.6 is 24.0 Å².